The van der Waals surface area contributed by atoms with Gasteiger partial charge in [0.1, 0.15) is 24.0 Å². The lowest BCUT2D eigenvalue weighted by molar-refractivity contribution is -0.764. The van der Waals surface area contributed by atoms with E-state index in [1.807, 2.05) is 36.4 Å². The maximum Gasteiger partial charge on any atom is 0.243 e. The van der Waals surface area contributed by atoms with Crippen LogP contribution in [0.15, 0.2) is 48.5 Å². The minimum Gasteiger partial charge on any atom is -0.495 e. The molecular weight excluding hydrogens is 380 g/mol. The van der Waals surface area contributed by atoms with Crippen LogP contribution in [-0.4, -0.2) is 31.1 Å². The molecule has 0 spiro atoms. The first kappa shape index (κ1) is 19.1. The van der Waals surface area contributed by atoms with Crippen molar-refractivity contribution in [2.45, 2.75) is 37.3 Å². The van der Waals surface area contributed by atoms with Gasteiger partial charge in [-0.25, -0.2) is 0 Å². The molecule has 2 aromatic carbocycles. The fraction of sp³-hybridized carbons (Fsp3) is 0.417. The molecule has 2 fully saturated rings. The molecule has 4 atom stereocenters. The maximum absolute atomic E-state index is 13.5. The summed E-state index contributed by atoms with van der Waals surface area (Å²) in [7, 11) is 1.57. The number of hydrogen-bond acceptors (Lipinski definition) is 4. The molecule has 4 unspecified atom stereocenters. The number of ether oxygens (including phenoxy) is 2. The Labute approximate surface area is 176 Å². The van der Waals surface area contributed by atoms with Crippen molar-refractivity contribution in [1.29, 1.82) is 0 Å². The first-order chi connectivity index (χ1) is 14.6. The highest BCUT2D eigenvalue weighted by Crippen LogP contribution is 2.52. The second-order valence-corrected chi connectivity index (χ2v) is 8.51. The zero-order valence-corrected chi connectivity index (χ0v) is 17.1. The molecule has 3 aliphatic rings. The number of anilines is 1. The lowest BCUT2D eigenvalue weighted by Crippen LogP contribution is -3.01. The van der Waals surface area contributed by atoms with Crippen LogP contribution in [0.1, 0.15) is 37.2 Å². The predicted octanol–water partition coefficient (Wildman–Crippen LogP) is 2.46. The van der Waals surface area contributed by atoms with E-state index < -0.39 is 11.6 Å². The van der Waals surface area contributed by atoms with E-state index in [4.69, 9.17) is 9.47 Å². The van der Waals surface area contributed by atoms with Crippen molar-refractivity contribution >= 4 is 17.4 Å². The zero-order chi connectivity index (χ0) is 20.7. The number of hydrogen-bond donors (Lipinski definition) is 2. The third-order valence-electron chi connectivity index (χ3n) is 6.97. The van der Waals surface area contributed by atoms with Crippen molar-refractivity contribution in [3.8, 4) is 11.5 Å². The second kappa shape index (κ2) is 7.43. The van der Waals surface area contributed by atoms with Crippen molar-refractivity contribution in [3.63, 3.8) is 0 Å². The zero-order valence-electron chi connectivity index (χ0n) is 17.1. The van der Waals surface area contributed by atoms with E-state index in [1.165, 1.54) is 0 Å². The van der Waals surface area contributed by atoms with E-state index in [0.717, 1.165) is 37.0 Å². The van der Waals surface area contributed by atoms with Gasteiger partial charge in [0.2, 0.25) is 11.6 Å². The maximum atomic E-state index is 13.5. The Morgan fingerprint density at radius 2 is 1.97 bits per heavy atom. The number of amides is 1. The monoisotopic (exact) mass is 407 g/mol. The molecule has 1 aliphatic carbocycles. The number of nitrogens with one attached hydrogen (secondary N) is 1. The van der Waals surface area contributed by atoms with Crippen molar-refractivity contribution in [3.05, 3.63) is 54.1 Å². The number of nitrogens with two attached hydrogens (primary N) is 1. The second-order valence-electron chi connectivity index (χ2n) is 8.51. The lowest BCUT2D eigenvalue weighted by Gasteiger charge is -2.47. The average molecular weight is 407 g/mol. The molecule has 6 nitrogen and oxygen atoms in total. The van der Waals surface area contributed by atoms with Crippen LogP contribution >= 0.6 is 0 Å². The van der Waals surface area contributed by atoms with Gasteiger partial charge >= 0.3 is 0 Å². The van der Waals surface area contributed by atoms with Gasteiger partial charge in [-0.3, -0.25) is 9.59 Å². The number of Topliss-reactive ketones (excluding diaryl/α,β-unsaturated/α-hetero) is 1. The van der Waals surface area contributed by atoms with Crippen LogP contribution in [0.25, 0.3) is 0 Å². The van der Waals surface area contributed by atoms with Crippen molar-refractivity contribution < 1.29 is 24.4 Å². The van der Waals surface area contributed by atoms with Crippen LogP contribution in [0.5, 0.6) is 11.5 Å². The van der Waals surface area contributed by atoms with Crippen molar-refractivity contribution in [2.75, 3.05) is 19.0 Å². The molecule has 2 bridgehead atoms. The van der Waals surface area contributed by atoms with Gasteiger partial charge in [-0.1, -0.05) is 36.8 Å². The Kier molecular flexibility index (Phi) is 4.74. The fourth-order valence-corrected chi connectivity index (χ4v) is 5.65. The number of ketones is 1. The standard InChI is InChI=1S/C24H26N2O4/c1-29-20-12-5-3-10-17(20)26-23(28)22-18(27)14-25-24-13-7-6-9-16(24)21(22)15-8-2-4-11-19(15)30-24/h2-5,8,10-12,16,21-22,25H,6-7,9,13-14H2,1H3,(H,26,28)/p+1. The highest BCUT2D eigenvalue weighted by molar-refractivity contribution is 6.09. The molecule has 3 N–H and O–H groups in total. The summed E-state index contributed by atoms with van der Waals surface area (Å²) in [5.74, 6) is 0.278. The van der Waals surface area contributed by atoms with Crippen molar-refractivity contribution in [2.24, 2.45) is 11.8 Å². The van der Waals surface area contributed by atoms with Crippen LogP contribution in [0, 0.1) is 11.8 Å². The molecular formula is C24H27N2O4+. The number of benzene rings is 2. The van der Waals surface area contributed by atoms with E-state index in [0.29, 0.717) is 11.4 Å². The Morgan fingerprint density at radius 1 is 1.17 bits per heavy atom. The molecule has 1 amide bonds. The first-order valence-corrected chi connectivity index (χ1v) is 10.7. The number of carbonyl (C=O) groups excluding carboxylic acids is 2. The summed E-state index contributed by atoms with van der Waals surface area (Å²) in [6.45, 7) is 0.255. The minimum atomic E-state index is -0.749. The van der Waals surface area contributed by atoms with Gasteiger partial charge in [-0.05, 0) is 36.6 Å². The fourth-order valence-electron chi connectivity index (χ4n) is 5.65. The van der Waals surface area contributed by atoms with Crippen LogP contribution in [0.2, 0.25) is 0 Å². The first-order valence-electron chi connectivity index (χ1n) is 10.7. The average Bonchev–Trinajstić information content (AvgIpc) is 2.86. The summed E-state index contributed by atoms with van der Waals surface area (Å²) < 4.78 is 11.9. The van der Waals surface area contributed by atoms with Crippen LogP contribution < -0.4 is 20.1 Å². The number of quaternary nitrogens is 1. The summed E-state index contributed by atoms with van der Waals surface area (Å²) in [6.07, 6.45) is 4.03. The lowest BCUT2D eigenvalue weighted by atomic mass is 9.65. The van der Waals surface area contributed by atoms with E-state index in [9.17, 15) is 9.59 Å². The molecule has 1 saturated heterocycles. The topological polar surface area (TPSA) is 81.2 Å². The SMILES string of the molecule is COc1ccccc1NC(=O)C1C(=O)C[NH2+]C23CCCCC2C1c1ccccc1O3. The van der Waals surface area contributed by atoms with Gasteiger partial charge in [0.15, 0.2) is 5.78 Å². The summed E-state index contributed by atoms with van der Waals surface area (Å²) >= 11 is 0. The summed E-state index contributed by atoms with van der Waals surface area (Å²) in [5.41, 5.74) is 1.11. The molecule has 5 rings (SSSR count). The van der Waals surface area contributed by atoms with E-state index >= 15 is 0 Å². The van der Waals surface area contributed by atoms with E-state index in [2.05, 4.69) is 10.6 Å². The van der Waals surface area contributed by atoms with Gasteiger partial charge in [0.25, 0.3) is 0 Å². The largest absolute Gasteiger partial charge is 0.495 e. The normalized spacial score (nSPS) is 29.6. The van der Waals surface area contributed by atoms with E-state index in [-0.39, 0.29) is 30.1 Å². The highest BCUT2D eigenvalue weighted by Gasteiger charge is 2.60. The Balaban J connectivity index is 1.58. The number of para-hydroxylation sites is 3. The molecule has 0 aromatic heterocycles. The molecule has 2 aliphatic heterocycles. The molecule has 2 aromatic rings. The molecule has 30 heavy (non-hydrogen) atoms. The van der Waals surface area contributed by atoms with E-state index in [1.54, 1.807) is 19.2 Å². The van der Waals surface area contributed by atoms with Crippen LogP contribution in [0.4, 0.5) is 5.69 Å². The van der Waals surface area contributed by atoms with Crippen molar-refractivity contribution in [1.82, 2.24) is 0 Å². The molecule has 156 valence electrons. The molecule has 0 radical (unpaired) electrons. The molecule has 1 saturated carbocycles. The Hall–Kier alpha value is -2.86. The third-order valence-corrected chi connectivity index (χ3v) is 6.97. The number of rotatable bonds is 3. The predicted molar refractivity (Wildman–Crippen MR) is 111 cm³/mol. The number of carbonyl (C=O) groups is 2. The van der Waals surface area contributed by atoms with Gasteiger partial charge in [-0.15, -0.1) is 0 Å². The van der Waals surface area contributed by atoms with Gasteiger partial charge in [0, 0.05) is 12.3 Å². The smallest absolute Gasteiger partial charge is 0.243 e. The highest BCUT2D eigenvalue weighted by atomic mass is 16.5. The van der Waals surface area contributed by atoms with Gasteiger partial charge in [0.05, 0.1) is 18.7 Å². The summed E-state index contributed by atoms with van der Waals surface area (Å²) in [6, 6.07) is 15.2. The van der Waals surface area contributed by atoms with Crippen LogP contribution in [-0.2, 0) is 9.59 Å². The Bertz CT molecular complexity index is 991. The van der Waals surface area contributed by atoms with Gasteiger partial charge in [-0.2, -0.15) is 0 Å². The Morgan fingerprint density at radius 3 is 2.83 bits per heavy atom. The molecule has 2 heterocycles. The summed E-state index contributed by atoms with van der Waals surface area (Å²) in [5, 5.41) is 5.03. The molecule has 6 heteroatoms. The number of methoxy groups -OCH3 is 1. The van der Waals surface area contributed by atoms with Gasteiger partial charge < -0.3 is 20.1 Å². The van der Waals surface area contributed by atoms with Crippen LogP contribution in [0.3, 0.4) is 0 Å². The number of fused-ring (bicyclic) bond motifs is 2. The minimum absolute atomic E-state index is 0.0403. The summed E-state index contributed by atoms with van der Waals surface area (Å²) in [4.78, 5) is 26.9. The third kappa shape index (κ3) is 2.98. The quantitative estimate of drug-likeness (QED) is 0.766.